The monoisotopic (exact) mass is 656 g/mol. The molecule has 0 spiro atoms. The number of hydrogen-bond acceptors (Lipinski definition) is 10. The van der Waals surface area contributed by atoms with Gasteiger partial charge in [0.1, 0.15) is 36.8 Å². The molecule has 0 bridgehead atoms. The molecule has 0 aromatic heterocycles. The molecular formula is C36H36N2O10. The number of ether oxygens (including phenoxy) is 4. The molecular weight excluding hydrogens is 620 g/mol. The molecule has 4 N–H and O–H groups in total. The fourth-order valence-corrected chi connectivity index (χ4v) is 4.81. The Morgan fingerprint density at radius 2 is 0.938 bits per heavy atom. The molecule has 0 aliphatic carbocycles. The molecule has 0 aliphatic rings. The van der Waals surface area contributed by atoms with Crippen molar-refractivity contribution in [1.82, 2.24) is 10.6 Å². The number of rotatable bonds is 13. The van der Waals surface area contributed by atoms with Crippen LogP contribution < -0.4 is 10.6 Å². The number of nitrogens with one attached hydrogen (secondary N) is 2. The van der Waals surface area contributed by atoms with Crippen LogP contribution in [0.25, 0.3) is 11.1 Å². The van der Waals surface area contributed by atoms with Gasteiger partial charge >= 0.3 is 24.1 Å². The van der Waals surface area contributed by atoms with Gasteiger partial charge in [0.25, 0.3) is 0 Å². The number of aromatic hydroxyl groups is 2. The maximum atomic E-state index is 12.6. The number of carbonyl (C=O) groups is 4. The standard InChI is InChI=1S/C36H36N2O10/c1-45-33(41)29(37-35(43)47-21-23-9-5-3-6-10-23)19-25-13-15-31(39)27(17-25)28-18-26(14-16-32(28)40)20-30(34(42)46-2)38-36(44)48-22-24-11-7-4-8-12-24/h3-18,29-30,39-40H,19-22H2,1-2H3,(H,37,43)(H,38,44)/t29-,30-/m0/s1. The SMILES string of the molecule is COC(=O)[C@H](Cc1ccc(O)c(-c2cc(C[C@H](NC(=O)OCc3ccccc3)C(=O)OC)ccc2O)c1)NC(=O)OCc1ccccc1. The molecule has 0 radical (unpaired) electrons. The third-order valence-corrected chi connectivity index (χ3v) is 7.27. The first-order valence-corrected chi connectivity index (χ1v) is 14.9. The first kappa shape index (κ1) is 34.8. The minimum atomic E-state index is -1.12. The van der Waals surface area contributed by atoms with Gasteiger partial charge in [-0.3, -0.25) is 0 Å². The quantitative estimate of drug-likeness (QED) is 0.116. The van der Waals surface area contributed by atoms with E-state index in [1.165, 1.54) is 26.4 Å². The highest BCUT2D eigenvalue weighted by molar-refractivity contribution is 5.83. The lowest BCUT2D eigenvalue weighted by Gasteiger charge is -2.18. The smallest absolute Gasteiger partial charge is 0.408 e. The van der Waals surface area contributed by atoms with Gasteiger partial charge in [0.05, 0.1) is 14.2 Å². The fraction of sp³-hybridized carbons (Fsp3) is 0.222. The summed E-state index contributed by atoms with van der Waals surface area (Å²) >= 11 is 0. The average Bonchev–Trinajstić information content (AvgIpc) is 3.11. The van der Waals surface area contributed by atoms with Gasteiger partial charge in [-0.15, -0.1) is 0 Å². The number of alkyl carbamates (subject to hydrolysis) is 2. The van der Waals surface area contributed by atoms with Gasteiger partial charge in [0.2, 0.25) is 0 Å². The van der Waals surface area contributed by atoms with E-state index < -0.39 is 36.2 Å². The van der Waals surface area contributed by atoms with E-state index in [-0.39, 0.29) is 48.7 Å². The van der Waals surface area contributed by atoms with E-state index in [2.05, 4.69) is 10.6 Å². The molecule has 0 aliphatic heterocycles. The summed E-state index contributed by atoms with van der Waals surface area (Å²) in [6.07, 6.45) is -1.70. The first-order valence-electron chi connectivity index (χ1n) is 14.9. The third-order valence-electron chi connectivity index (χ3n) is 7.27. The topological polar surface area (TPSA) is 170 Å². The maximum absolute atomic E-state index is 12.6. The van der Waals surface area contributed by atoms with Crippen molar-refractivity contribution < 1.29 is 48.3 Å². The minimum absolute atomic E-state index is 0.000762. The second-order valence-electron chi connectivity index (χ2n) is 10.7. The van der Waals surface area contributed by atoms with E-state index >= 15 is 0 Å². The van der Waals surface area contributed by atoms with Crippen molar-refractivity contribution in [3.05, 3.63) is 119 Å². The molecule has 4 aromatic rings. The second kappa shape index (κ2) is 17.0. The number of benzene rings is 4. The van der Waals surface area contributed by atoms with Crippen molar-refractivity contribution in [3.8, 4) is 22.6 Å². The number of phenols is 2. The number of methoxy groups -OCH3 is 2. The Bertz CT molecular complexity index is 1590. The molecule has 2 atom stereocenters. The largest absolute Gasteiger partial charge is 0.507 e. The van der Waals surface area contributed by atoms with Crippen LogP contribution in [0.4, 0.5) is 9.59 Å². The Kier molecular flexibility index (Phi) is 12.4. The van der Waals surface area contributed by atoms with Crippen molar-refractivity contribution >= 4 is 24.1 Å². The number of carbonyl (C=O) groups excluding carboxylic acids is 4. The van der Waals surface area contributed by atoms with Gasteiger partial charge in [0, 0.05) is 24.0 Å². The van der Waals surface area contributed by atoms with Crippen molar-refractivity contribution in [2.24, 2.45) is 0 Å². The predicted molar refractivity (Wildman–Crippen MR) is 174 cm³/mol. The van der Waals surface area contributed by atoms with Crippen molar-refractivity contribution in [3.63, 3.8) is 0 Å². The van der Waals surface area contributed by atoms with Crippen LogP contribution in [0.2, 0.25) is 0 Å². The van der Waals surface area contributed by atoms with Crippen molar-refractivity contribution in [2.45, 2.75) is 38.1 Å². The van der Waals surface area contributed by atoms with E-state index in [1.807, 2.05) is 36.4 Å². The van der Waals surface area contributed by atoms with E-state index in [1.54, 1.807) is 48.5 Å². The molecule has 12 nitrogen and oxygen atoms in total. The molecule has 0 fully saturated rings. The summed E-state index contributed by atoms with van der Waals surface area (Å²) in [6.45, 7) is 0.00152. The number of phenolic OH excluding ortho intramolecular Hbond substituents is 2. The fourth-order valence-electron chi connectivity index (χ4n) is 4.81. The van der Waals surface area contributed by atoms with Gasteiger partial charge < -0.3 is 39.8 Å². The predicted octanol–water partition coefficient (Wildman–Crippen LogP) is 4.79. The van der Waals surface area contributed by atoms with Crippen LogP contribution in [0.3, 0.4) is 0 Å². The Morgan fingerprint density at radius 3 is 1.29 bits per heavy atom. The van der Waals surface area contributed by atoms with Gasteiger partial charge in [0.15, 0.2) is 0 Å². The van der Waals surface area contributed by atoms with Gasteiger partial charge in [-0.25, -0.2) is 19.2 Å². The Hall–Kier alpha value is -6.04. The number of esters is 2. The van der Waals surface area contributed by atoms with Crippen LogP contribution >= 0.6 is 0 Å². The molecule has 12 heteroatoms. The number of hydrogen-bond donors (Lipinski definition) is 4. The zero-order valence-electron chi connectivity index (χ0n) is 26.4. The van der Waals surface area contributed by atoms with Gasteiger partial charge in [-0.1, -0.05) is 72.8 Å². The summed E-state index contributed by atoms with van der Waals surface area (Å²) < 4.78 is 20.3. The van der Waals surface area contributed by atoms with Crippen LogP contribution in [0.15, 0.2) is 97.1 Å². The summed E-state index contributed by atoms with van der Waals surface area (Å²) in [4.78, 5) is 50.1. The van der Waals surface area contributed by atoms with Gasteiger partial charge in [-0.2, -0.15) is 0 Å². The Labute approximate surface area is 277 Å². The summed E-state index contributed by atoms with van der Waals surface area (Å²) in [7, 11) is 2.38. The second-order valence-corrected chi connectivity index (χ2v) is 10.7. The molecule has 4 aromatic carbocycles. The Morgan fingerprint density at radius 1 is 0.562 bits per heavy atom. The molecule has 0 saturated carbocycles. The molecule has 250 valence electrons. The van der Waals surface area contributed by atoms with Crippen LogP contribution in [-0.4, -0.2) is 60.6 Å². The molecule has 48 heavy (non-hydrogen) atoms. The zero-order chi connectivity index (χ0) is 34.5. The van der Waals surface area contributed by atoms with Crippen LogP contribution in [0.5, 0.6) is 11.5 Å². The average molecular weight is 657 g/mol. The molecule has 0 saturated heterocycles. The van der Waals surface area contributed by atoms with Crippen LogP contribution in [0.1, 0.15) is 22.3 Å². The molecule has 0 heterocycles. The first-order chi connectivity index (χ1) is 23.2. The van der Waals surface area contributed by atoms with Crippen molar-refractivity contribution in [1.29, 1.82) is 0 Å². The summed E-state index contributed by atoms with van der Waals surface area (Å²) in [5.41, 5.74) is 3.00. The highest BCUT2D eigenvalue weighted by Crippen LogP contribution is 2.37. The zero-order valence-corrected chi connectivity index (χ0v) is 26.4. The van der Waals surface area contributed by atoms with E-state index in [9.17, 15) is 29.4 Å². The van der Waals surface area contributed by atoms with E-state index in [0.29, 0.717) is 11.1 Å². The maximum Gasteiger partial charge on any atom is 0.408 e. The summed E-state index contributed by atoms with van der Waals surface area (Å²) in [5, 5.41) is 26.5. The van der Waals surface area contributed by atoms with Crippen molar-refractivity contribution in [2.75, 3.05) is 14.2 Å². The highest BCUT2D eigenvalue weighted by atomic mass is 16.6. The van der Waals surface area contributed by atoms with Crippen LogP contribution in [-0.2, 0) is 54.6 Å². The Balaban J connectivity index is 1.48. The number of amides is 2. The lowest BCUT2D eigenvalue weighted by atomic mass is 9.95. The lowest BCUT2D eigenvalue weighted by molar-refractivity contribution is -0.143. The van der Waals surface area contributed by atoms with Crippen LogP contribution in [0, 0.1) is 0 Å². The minimum Gasteiger partial charge on any atom is -0.507 e. The molecule has 0 unspecified atom stereocenters. The van der Waals surface area contributed by atoms with E-state index in [0.717, 1.165) is 11.1 Å². The lowest BCUT2D eigenvalue weighted by Crippen LogP contribution is -2.43. The molecule has 2 amide bonds. The summed E-state index contributed by atoms with van der Waals surface area (Å²) in [6, 6.07) is 24.8. The van der Waals surface area contributed by atoms with Gasteiger partial charge in [-0.05, 0) is 46.5 Å². The van der Waals surface area contributed by atoms with E-state index in [4.69, 9.17) is 18.9 Å². The highest BCUT2D eigenvalue weighted by Gasteiger charge is 2.25. The summed E-state index contributed by atoms with van der Waals surface area (Å²) in [5.74, 6) is -1.78. The molecule has 4 rings (SSSR count). The normalized spacial score (nSPS) is 11.8. The third kappa shape index (κ3) is 9.98.